The number of benzene rings is 8. The second-order valence-corrected chi connectivity index (χ2v) is 15.4. The molecule has 51 heavy (non-hydrogen) atoms. The van der Waals surface area contributed by atoms with Gasteiger partial charge in [0.2, 0.25) is 0 Å². The van der Waals surface area contributed by atoms with Crippen molar-refractivity contribution in [2.75, 3.05) is 4.90 Å². The van der Waals surface area contributed by atoms with Crippen LogP contribution in [0.25, 0.3) is 83.9 Å². The molecular weight excluding hydrogens is 657 g/mol. The van der Waals surface area contributed by atoms with Crippen LogP contribution in [-0.4, -0.2) is 4.98 Å². The zero-order chi connectivity index (χ0) is 33.5. The number of rotatable bonds is 4. The molecule has 0 spiro atoms. The fraction of sp³-hybridized carbons (Fsp3) is 0. The average Bonchev–Trinajstić information content (AvgIpc) is 3.72. The van der Waals surface area contributed by atoms with Crippen LogP contribution in [0.1, 0.15) is 0 Å². The van der Waals surface area contributed by atoms with Crippen molar-refractivity contribution in [3.05, 3.63) is 170 Å². The van der Waals surface area contributed by atoms with Gasteiger partial charge in [-0.3, -0.25) is 4.98 Å². The molecule has 0 radical (unpaired) electrons. The molecule has 0 amide bonds. The average molecular weight is 685 g/mol. The highest BCUT2D eigenvalue weighted by atomic mass is 32.1. The van der Waals surface area contributed by atoms with Gasteiger partial charge in [0.05, 0.1) is 5.52 Å². The van der Waals surface area contributed by atoms with Gasteiger partial charge in [-0.15, -0.1) is 22.7 Å². The van der Waals surface area contributed by atoms with E-state index < -0.39 is 0 Å². The molecule has 0 N–H and O–H groups in total. The fourth-order valence-electron chi connectivity index (χ4n) is 7.66. The van der Waals surface area contributed by atoms with Crippen LogP contribution in [0.2, 0.25) is 0 Å². The standard InChI is InChI=1S/C47H28N2S2/c1-3-9-32-24-44-41(22-30(32)7-1)39-19-17-37(26-46(39)50-44)49(36-15-13-29(14-16-36)35-21-34-11-5-6-12-43(34)48-28-35)38-18-20-40-42-23-31-8-2-4-10-33(31)25-45(42)51-47(40)27-38/h1-28H. The topological polar surface area (TPSA) is 16.1 Å². The van der Waals surface area contributed by atoms with Gasteiger partial charge in [0.15, 0.2) is 0 Å². The SMILES string of the molecule is c1ccc2cc3c(cc2c1)sc1cc(N(c2ccc(-c4cnc5ccccc5c4)cc2)c2ccc4c(c2)sc2cc5ccccc5cc24)ccc13. The van der Waals surface area contributed by atoms with Crippen molar-refractivity contribution in [2.24, 2.45) is 0 Å². The molecule has 0 unspecified atom stereocenters. The predicted molar refractivity (Wildman–Crippen MR) is 223 cm³/mol. The number of thiophene rings is 2. The van der Waals surface area contributed by atoms with Crippen LogP contribution in [-0.2, 0) is 0 Å². The van der Waals surface area contributed by atoms with E-state index >= 15 is 0 Å². The van der Waals surface area contributed by atoms with Crippen molar-refractivity contribution in [3.63, 3.8) is 0 Å². The largest absolute Gasteiger partial charge is 0.310 e. The summed E-state index contributed by atoms with van der Waals surface area (Å²) in [6.07, 6.45) is 1.98. The second-order valence-electron chi connectivity index (χ2n) is 13.3. The molecule has 8 aromatic carbocycles. The molecule has 0 atom stereocenters. The fourth-order valence-corrected chi connectivity index (χ4v) is 10.00. The Morgan fingerprint density at radius 1 is 0.353 bits per heavy atom. The highest BCUT2D eigenvalue weighted by Gasteiger charge is 2.17. The van der Waals surface area contributed by atoms with Gasteiger partial charge in [0.1, 0.15) is 0 Å². The predicted octanol–water partition coefficient (Wildman–Crippen LogP) is 14.4. The van der Waals surface area contributed by atoms with Gasteiger partial charge in [-0.1, -0.05) is 91.0 Å². The van der Waals surface area contributed by atoms with E-state index in [4.69, 9.17) is 4.98 Å². The maximum absolute atomic E-state index is 4.73. The van der Waals surface area contributed by atoms with E-state index in [1.54, 1.807) is 0 Å². The zero-order valence-corrected chi connectivity index (χ0v) is 29.0. The number of hydrogen-bond donors (Lipinski definition) is 0. The summed E-state index contributed by atoms with van der Waals surface area (Å²) in [5, 5.41) is 11.5. The Balaban J connectivity index is 1.07. The Bertz CT molecular complexity index is 3000. The molecule has 0 bridgehead atoms. The number of nitrogens with zero attached hydrogens (tertiary/aromatic N) is 2. The summed E-state index contributed by atoms with van der Waals surface area (Å²) in [6.45, 7) is 0. The third-order valence-corrected chi connectivity index (χ3v) is 12.4. The third-order valence-electron chi connectivity index (χ3n) is 10.2. The van der Waals surface area contributed by atoms with Gasteiger partial charge >= 0.3 is 0 Å². The van der Waals surface area contributed by atoms with Crippen LogP contribution >= 0.6 is 22.7 Å². The lowest BCUT2D eigenvalue weighted by molar-refractivity contribution is 1.30. The minimum atomic E-state index is 1.01. The Morgan fingerprint density at radius 2 is 0.824 bits per heavy atom. The van der Waals surface area contributed by atoms with Gasteiger partial charge in [-0.2, -0.15) is 0 Å². The van der Waals surface area contributed by atoms with Gasteiger partial charge < -0.3 is 4.90 Å². The minimum Gasteiger partial charge on any atom is -0.310 e. The van der Waals surface area contributed by atoms with Crippen LogP contribution in [0.3, 0.4) is 0 Å². The Kier molecular flexibility index (Phi) is 6.32. The van der Waals surface area contributed by atoms with E-state index in [1.807, 2.05) is 34.9 Å². The van der Waals surface area contributed by atoms with Crippen molar-refractivity contribution in [2.45, 2.75) is 0 Å². The van der Waals surface area contributed by atoms with Gasteiger partial charge in [-0.05, 0) is 99.9 Å². The molecular formula is C47H28N2S2. The van der Waals surface area contributed by atoms with E-state index in [0.717, 1.165) is 39.1 Å². The van der Waals surface area contributed by atoms with Crippen molar-refractivity contribution in [1.29, 1.82) is 0 Å². The molecule has 0 aliphatic heterocycles. The summed E-state index contributed by atoms with van der Waals surface area (Å²) in [6, 6.07) is 60.1. The normalized spacial score (nSPS) is 11.9. The summed E-state index contributed by atoms with van der Waals surface area (Å²) >= 11 is 3.75. The molecule has 11 aromatic rings. The highest BCUT2D eigenvalue weighted by Crippen LogP contribution is 2.44. The molecule has 0 fully saturated rings. The van der Waals surface area contributed by atoms with Crippen molar-refractivity contribution < 1.29 is 0 Å². The lowest BCUT2D eigenvalue weighted by Crippen LogP contribution is -2.09. The summed E-state index contributed by atoms with van der Waals surface area (Å²) in [5.41, 5.74) is 6.68. The Hall–Kier alpha value is -6.07. The minimum absolute atomic E-state index is 1.01. The molecule has 0 saturated heterocycles. The van der Waals surface area contributed by atoms with E-state index in [9.17, 15) is 0 Å². The van der Waals surface area contributed by atoms with Crippen molar-refractivity contribution in [3.8, 4) is 11.1 Å². The molecule has 0 saturated carbocycles. The van der Waals surface area contributed by atoms with E-state index in [2.05, 4.69) is 163 Å². The number of aromatic nitrogens is 1. The number of hydrogen-bond acceptors (Lipinski definition) is 4. The Labute approximate surface area is 302 Å². The van der Waals surface area contributed by atoms with Crippen molar-refractivity contribution >= 4 is 113 Å². The van der Waals surface area contributed by atoms with Gasteiger partial charge in [-0.25, -0.2) is 0 Å². The summed E-state index contributed by atoms with van der Waals surface area (Å²) in [4.78, 5) is 7.14. The summed E-state index contributed by atoms with van der Waals surface area (Å²) in [5.74, 6) is 0. The molecule has 4 heteroatoms. The molecule has 2 nitrogen and oxygen atoms in total. The first-order chi connectivity index (χ1) is 25.2. The number of para-hydroxylation sites is 1. The van der Waals surface area contributed by atoms with E-state index in [1.165, 1.54) is 61.9 Å². The lowest BCUT2D eigenvalue weighted by Gasteiger charge is -2.26. The first-order valence-electron chi connectivity index (χ1n) is 17.2. The van der Waals surface area contributed by atoms with E-state index in [-0.39, 0.29) is 0 Å². The van der Waals surface area contributed by atoms with Gasteiger partial charge in [0.25, 0.3) is 0 Å². The Morgan fingerprint density at radius 3 is 1.39 bits per heavy atom. The third kappa shape index (κ3) is 4.72. The second kappa shape index (κ2) is 11.2. The summed E-state index contributed by atoms with van der Waals surface area (Å²) in [7, 11) is 0. The maximum Gasteiger partial charge on any atom is 0.0702 e. The first kappa shape index (κ1) is 28.7. The van der Waals surface area contributed by atoms with Crippen LogP contribution in [0, 0.1) is 0 Å². The maximum atomic E-state index is 4.73. The molecule has 0 aliphatic rings. The van der Waals surface area contributed by atoms with Crippen LogP contribution < -0.4 is 4.90 Å². The quantitative estimate of drug-likeness (QED) is 0.183. The number of anilines is 3. The molecule has 11 rings (SSSR count). The van der Waals surface area contributed by atoms with Crippen LogP contribution in [0.15, 0.2) is 170 Å². The molecule has 3 aromatic heterocycles. The monoisotopic (exact) mass is 684 g/mol. The van der Waals surface area contributed by atoms with E-state index in [0.29, 0.717) is 0 Å². The van der Waals surface area contributed by atoms with Crippen LogP contribution in [0.5, 0.6) is 0 Å². The molecule has 238 valence electrons. The lowest BCUT2D eigenvalue weighted by atomic mass is 10.0. The smallest absolute Gasteiger partial charge is 0.0702 e. The first-order valence-corrected chi connectivity index (χ1v) is 18.8. The molecule has 3 heterocycles. The highest BCUT2D eigenvalue weighted by molar-refractivity contribution is 7.26. The number of fused-ring (bicyclic) bond motifs is 9. The zero-order valence-electron chi connectivity index (χ0n) is 27.4. The van der Waals surface area contributed by atoms with Crippen LogP contribution in [0.4, 0.5) is 17.1 Å². The van der Waals surface area contributed by atoms with Gasteiger partial charge in [0, 0.05) is 74.6 Å². The van der Waals surface area contributed by atoms with Crippen molar-refractivity contribution in [1.82, 2.24) is 4.98 Å². The summed E-state index contributed by atoms with van der Waals surface area (Å²) < 4.78 is 5.22. The molecule has 0 aliphatic carbocycles. The number of pyridine rings is 1.